The van der Waals surface area contributed by atoms with Crippen LogP contribution in [0.3, 0.4) is 0 Å². The number of carbonyl (C=O) groups excluding carboxylic acids is 3. The lowest BCUT2D eigenvalue weighted by Crippen LogP contribution is -2.33. The highest BCUT2D eigenvalue weighted by Crippen LogP contribution is 2.27. The SMILES string of the molecule is CCCNC(=O)[C@H]1CC(=O)N(c2ccc(OCC(=O)Nc3ccc(Cl)c(Cl)c3)cc2)C1. The first-order valence-electron chi connectivity index (χ1n) is 9.93. The van der Waals surface area contributed by atoms with Gasteiger partial charge in [0.1, 0.15) is 5.75 Å². The molecule has 31 heavy (non-hydrogen) atoms. The second-order valence-electron chi connectivity index (χ2n) is 7.16. The van der Waals surface area contributed by atoms with Gasteiger partial charge in [0.15, 0.2) is 6.61 Å². The monoisotopic (exact) mass is 463 g/mol. The summed E-state index contributed by atoms with van der Waals surface area (Å²) < 4.78 is 5.50. The Kier molecular flexibility index (Phi) is 7.76. The van der Waals surface area contributed by atoms with Crippen LogP contribution in [-0.2, 0) is 14.4 Å². The summed E-state index contributed by atoms with van der Waals surface area (Å²) in [5.41, 5.74) is 1.20. The summed E-state index contributed by atoms with van der Waals surface area (Å²) in [6, 6.07) is 11.6. The quantitative estimate of drug-likeness (QED) is 0.621. The summed E-state index contributed by atoms with van der Waals surface area (Å²) >= 11 is 11.8. The van der Waals surface area contributed by atoms with E-state index in [1.165, 1.54) is 0 Å². The molecule has 9 heteroatoms. The van der Waals surface area contributed by atoms with Crippen LogP contribution in [0.1, 0.15) is 19.8 Å². The fourth-order valence-electron chi connectivity index (χ4n) is 3.17. The second kappa shape index (κ2) is 10.5. The van der Waals surface area contributed by atoms with Gasteiger partial charge in [0.25, 0.3) is 5.91 Å². The van der Waals surface area contributed by atoms with Gasteiger partial charge < -0.3 is 20.3 Å². The van der Waals surface area contributed by atoms with Crippen LogP contribution in [-0.4, -0.2) is 37.4 Å². The van der Waals surface area contributed by atoms with Crippen LogP contribution in [0, 0.1) is 5.92 Å². The maximum Gasteiger partial charge on any atom is 0.262 e. The molecule has 1 fully saturated rings. The molecule has 1 aliphatic heterocycles. The lowest BCUT2D eigenvalue weighted by atomic mass is 10.1. The van der Waals surface area contributed by atoms with Crippen LogP contribution >= 0.6 is 23.2 Å². The molecule has 7 nitrogen and oxygen atoms in total. The molecule has 2 aromatic rings. The Hall–Kier alpha value is -2.77. The number of carbonyl (C=O) groups is 3. The Balaban J connectivity index is 1.52. The highest BCUT2D eigenvalue weighted by Gasteiger charge is 2.34. The van der Waals surface area contributed by atoms with E-state index in [9.17, 15) is 14.4 Å². The standard InChI is InChI=1S/C22H23Cl2N3O4/c1-2-9-25-22(30)14-10-21(29)27(12-14)16-4-6-17(7-5-16)31-13-20(28)26-15-3-8-18(23)19(24)11-15/h3-8,11,14H,2,9-10,12-13H2,1H3,(H,25,30)(H,26,28)/t14-/m0/s1. The number of hydrogen-bond acceptors (Lipinski definition) is 4. The summed E-state index contributed by atoms with van der Waals surface area (Å²) in [7, 11) is 0. The van der Waals surface area contributed by atoms with E-state index in [0.717, 1.165) is 6.42 Å². The Bertz CT molecular complexity index is 966. The van der Waals surface area contributed by atoms with Gasteiger partial charge in [-0.2, -0.15) is 0 Å². The molecule has 1 heterocycles. The Morgan fingerprint density at radius 3 is 2.55 bits per heavy atom. The average Bonchev–Trinajstić information content (AvgIpc) is 3.15. The highest BCUT2D eigenvalue weighted by atomic mass is 35.5. The van der Waals surface area contributed by atoms with E-state index >= 15 is 0 Å². The fourth-order valence-corrected chi connectivity index (χ4v) is 3.47. The number of halogens is 2. The smallest absolute Gasteiger partial charge is 0.262 e. The third-order valence-electron chi connectivity index (χ3n) is 4.77. The van der Waals surface area contributed by atoms with Gasteiger partial charge in [0.2, 0.25) is 11.8 Å². The zero-order chi connectivity index (χ0) is 22.4. The van der Waals surface area contributed by atoms with E-state index in [0.29, 0.717) is 40.3 Å². The molecule has 1 aliphatic rings. The van der Waals surface area contributed by atoms with Crippen LogP contribution in [0.2, 0.25) is 10.0 Å². The lowest BCUT2D eigenvalue weighted by Gasteiger charge is -2.17. The Morgan fingerprint density at radius 1 is 1.13 bits per heavy atom. The molecule has 0 radical (unpaired) electrons. The van der Waals surface area contributed by atoms with Crippen molar-refractivity contribution in [2.45, 2.75) is 19.8 Å². The number of anilines is 2. The summed E-state index contributed by atoms with van der Waals surface area (Å²) in [5, 5.41) is 6.26. The maximum absolute atomic E-state index is 12.3. The molecule has 0 spiro atoms. The van der Waals surface area contributed by atoms with E-state index in [1.54, 1.807) is 47.4 Å². The average molecular weight is 464 g/mol. The van der Waals surface area contributed by atoms with Crippen LogP contribution in [0.15, 0.2) is 42.5 Å². The van der Waals surface area contributed by atoms with Crippen LogP contribution < -0.4 is 20.3 Å². The number of hydrogen-bond donors (Lipinski definition) is 2. The van der Waals surface area contributed by atoms with Gasteiger partial charge in [0, 0.05) is 30.9 Å². The van der Waals surface area contributed by atoms with Crippen molar-refractivity contribution in [3.63, 3.8) is 0 Å². The summed E-state index contributed by atoms with van der Waals surface area (Å²) in [6.07, 6.45) is 1.05. The zero-order valence-electron chi connectivity index (χ0n) is 17.0. The largest absolute Gasteiger partial charge is 0.484 e. The van der Waals surface area contributed by atoms with Gasteiger partial charge in [-0.3, -0.25) is 14.4 Å². The van der Waals surface area contributed by atoms with Crippen molar-refractivity contribution in [1.82, 2.24) is 5.32 Å². The number of amides is 3. The lowest BCUT2D eigenvalue weighted by molar-refractivity contribution is -0.126. The van der Waals surface area contributed by atoms with Gasteiger partial charge in [-0.25, -0.2) is 0 Å². The molecule has 2 aromatic carbocycles. The fraction of sp³-hybridized carbons (Fsp3) is 0.318. The Labute approximate surface area is 190 Å². The van der Waals surface area contributed by atoms with Crippen LogP contribution in [0.5, 0.6) is 5.75 Å². The predicted molar refractivity (Wildman–Crippen MR) is 121 cm³/mol. The molecule has 0 unspecified atom stereocenters. The highest BCUT2D eigenvalue weighted by molar-refractivity contribution is 6.42. The molecule has 0 aromatic heterocycles. The van der Waals surface area contributed by atoms with E-state index in [2.05, 4.69) is 10.6 Å². The van der Waals surface area contributed by atoms with Gasteiger partial charge in [-0.15, -0.1) is 0 Å². The van der Waals surface area contributed by atoms with Crippen molar-refractivity contribution in [1.29, 1.82) is 0 Å². The molecule has 0 bridgehead atoms. The summed E-state index contributed by atoms with van der Waals surface area (Å²) in [4.78, 5) is 38.1. The molecule has 164 valence electrons. The minimum Gasteiger partial charge on any atom is -0.484 e. The maximum atomic E-state index is 12.3. The van der Waals surface area contributed by atoms with Gasteiger partial charge in [0.05, 0.1) is 16.0 Å². The molecule has 0 saturated carbocycles. The molecule has 3 amide bonds. The van der Waals surface area contributed by atoms with E-state index in [-0.39, 0.29) is 36.7 Å². The van der Waals surface area contributed by atoms with Crippen LogP contribution in [0.25, 0.3) is 0 Å². The van der Waals surface area contributed by atoms with Gasteiger partial charge in [-0.1, -0.05) is 30.1 Å². The molecular weight excluding hydrogens is 441 g/mol. The third-order valence-corrected chi connectivity index (χ3v) is 5.51. The molecule has 1 saturated heterocycles. The van der Waals surface area contributed by atoms with E-state index in [4.69, 9.17) is 27.9 Å². The van der Waals surface area contributed by atoms with Crippen molar-refractivity contribution in [2.24, 2.45) is 5.92 Å². The topological polar surface area (TPSA) is 87.7 Å². The van der Waals surface area contributed by atoms with Crippen molar-refractivity contribution in [3.05, 3.63) is 52.5 Å². The van der Waals surface area contributed by atoms with Crippen molar-refractivity contribution < 1.29 is 19.1 Å². The first-order valence-corrected chi connectivity index (χ1v) is 10.7. The minimum atomic E-state index is -0.349. The number of nitrogens with one attached hydrogen (secondary N) is 2. The number of ether oxygens (including phenoxy) is 1. The zero-order valence-corrected chi connectivity index (χ0v) is 18.5. The minimum absolute atomic E-state index is 0.0914. The Morgan fingerprint density at radius 2 is 1.87 bits per heavy atom. The summed E-state index contributed by atoms with van der Waals surface area (Å²) in [5.74, 6) is -0.396. The predicted octanol–water partition coefficient (Wildman–Crippen LogP) is 3.89. The van der Waals surface area contributed by atoms with E-state index in [1.807, 2.05) is 6.92 Å². The second-order valence-corrected chi connectivity index (χ2v) is 7.97. The van der Waals surface area contributed by atoms with Gasteiger partial charge in [-0.05, 0) is 48.9 Å². The van der Waals surface area contributed by atoms with Crippen LogP contribution in [0.4, 0.5) is 11.4 Å². The van der Waals surface area contributed by atoms with Crippen molar-refractivity contribution >= 4 is 52.3 Å². The van der Waals surface area contributed by atoms with E-state index < -0.39 is 0 Å². The first kappa shape index (κ1) is 22.9. The number of benzene rings is 2. The molecule has 0 aliphatic carbocycles. The number of nitrogens with zero attached hydrogens (tertiary/aromatic N) is 1. The molecule has 3 rings (SSSR count). The third kappa shape index (κ3) is 6.12. The summed E-state index contributed by atoms with van der Waals surface area (Å²) in [6.45, 7) is 2.74. The van der Waals surface area contributed by atoms with Crippen molar-refractivity contribution in [3.8, 4) is 5.75 Å². The van der Waals surface area contributed by atoms with Gasteiger partial charge >= 0.3 is 0 Å². The molecule has 2 N–H and O–H groups in total. The number of rotatable bonds is 8. The molecular formula is C22H23Cl2N3O4. The van der Waals surface area contributed by atoms with Crippen molar-refractivity contribution in [2.75, 3.05) is 29.9 Å². The normalized spacial score (nSPS) is 15.6. The molecule has 1 atom stereocenters. The first-order chi connectivity index (χ1) is 14.9.